The van der Waals surface area contributed by atoms with Gasteiger partial charge in [-0.3, -0.25) is 4.79 Å². The van der Waals surface area contributed by atoms with Crippen LogP contribution in [0.1, 0.15) is 34.7 Å². The molecule has 0 unspecified atom stereocenters. The monoisotopic (exact) mass is 352 g/mol. The summed E-state index contributed by atoms with van der Waals surface area (Å²) in [5.41, 5.74) is 2.75. The number of aromatic nitrogens is 1. The van der Waals surface area contributed by atoms with Crippen LogP contribution in [0.5, 0.6) is 5.75 Å². The molecule has 2 heterocycles. The molecule has 134 valence electrons. The van der Waals surface area contributed by atoms with Crippen LogP contribution in [-0.2, 0) is 0 Å². The third kappa shape index (κ3) is 3.05. The summed E-state index contributed by atoms with van der Waals surface area (Å²) >= 11 is 0. The molecule has 4 nitrogen and oxygen atoms in total. The minimum absolute atomic E-state index is 0.0346. The number of carbonyl (C=O) groups excluding carboxylic acids is 1. The summed E-state index contributed by atoms with van der Waals surface area (Å²) in [7, 11) is 1.60. The zero-order valence-corrected chi connectivity index (χ0v) is 14.7. The van der Waals surface area contributed by atoms with E-state index in [4.69, 9.17) is 4.74 Å². The van der Waals surface area contributed by atoms with E-state index >= 15 is 0 Å². The first-order valence-electron chi connectivity index (χ1n) is 8.85. The molecule has 1 N–H and O–H groups in total. The van der Waals surface area contributed by atoms with Crippen molar-refractivity contribution in [3.05, 3.63) is 65.6 Å². The first-order valence-corrected chi connectivity index (χ1v) is 8.85. The third-order valence-electron chi connectivity index (χ3n) is 5.21. The van der Waals surface area contributed by atoms with Gasteiger partial charge < -0.3 is 14.6 Å². The van der Waals surface area contributed by atoms with Gasteiger partial charge in [-0.25, -0.2) is 4.39 Å². The number of likely N-dealkylation sites (tertiary alicyclic amines) is 1. The van der Waals surface area contributed by atoms with Crippen LogP contribution in [0.15, 0.2) is 48.7 Å². The van der Waals surface area contributed by atoms with E-state index in [0.717, 1.165) is 29.3 Å². The summed E-state index contributed by atoms with van der Waals surface area (Å²) < 4.78 is 18.8. The lowest BCUT2D eigenvalue weighted by atomic mass is 9.89. The van der Waals surface area contributed by atoms with Crippen molar-refractivity contribution in [1.29, 1.82) is 0 Å². The number of halogens is 1. The van der Waals surface area contributed by atoms with Crippen LogP contribution < -0.4 is 4.74 Å². The molecule has 5 heteroatoms. The van der Waals surface area contributed by atoms with E-state index in [1.54, 1.807) is 25.3 Å². The highest BCUT2D eigenvalue weighted by Crippen LogP contribution is 2.34. The van der Waals surface area contributed by atoms with E-state index in [1.807, 2.05) is 29.3 Å². The van der Waals surface area contributed by atoms with E-state index in [2.05, 4.69) is 4.98 Å². The Bertz CT molecular complexity index is 942. The Balaban J connectivity index is 1.48. The van der Waals surface area contributed by atoms with Gasteiger partial charge in [0, 0.05) is 35.8 Å². The minimum atomic E-state index is -0.219. The third-order valence-corrected chi connectivity index (χ3v) is 5.21. The standard InChI is InChI=1S/C21H21FN2O2/c1-26-17-4-2-3-15(11-17)21(25)24-9-7-14(8-10-24)19-13-23-20-6-5-16(22)12-18(19)20/h2-6,11-14,23H,7-10H2,1H3. The number of aromatic amines is 1. The minimum Gasteiger partial charge on any atom is -0.497 e. The summed E-state index contributed by atoms with van der Waals surface area (Å²) in [6.45, 7) is 1.39. The molecule has 1 fully saturated rings. The topological polar surface area (TPSA) is 45.3 Å². The molecule has 0 radical (unpaired) electrons. The number of rotatable bonds is 3. The first-order chi connectivity index (χ1) is 12.7. The zero-order valence-electron chi connectivity index (χ0n) is 14.7. The van der Waals surface area contributed by atoms with Crippen molar-refractivity contribution in [2.45, 2.75) is 18.8 Å². The lowest BCUT2D eigenvalue weighted by molar-refractivity contribution is 0.0713. The van der Waals surface area contributed by atoms with Crippen molar-refractivity contribution in [3.63, 3.8) is 0 Å². The van der Waals surface area contributed by atoms with Gasteiger partial charge in [0.05, 0.1) is 7.11 Å². The lowest BCUT2D eigenvalue weighted by Gasteiger charge is -2.32. The maximum atomic E-state index is 13.6. The zero-order chi connectivity index (χ0) is 18.1. The number of amides is 1. The number of carbonyl (C=O) groups is 1. The summed E-state index contributed by atoms with van der Waals surface area (Å²) in [6, 6.07) is 12.1. The molecule has 4 rings (SSSR count). The SMILES string of the molecule is COc1cccc(C(=O)N2CCC(c3c[nH]c4ccc(F)cc34)CC2)c1. The van der Waals surface area contributed by atoms with Gasteiger partial charge in [0.2, 0.25) is 0 Å². The number of methoxy groups -OCH3 is 1. The summed E-state index contributed by atoms with van der Waals surface area (Å²) in [4.78, 5) is 17.8. The highest BCUT2D eigenvalue weighted by Gasteiger charge is 2.26. The van der Waals surface area contributed by atoms with Crippen LogP contribution in [0.4, 0.5) is 4.39 Å². The number of H-pyrrole nitrogens is 1. The number of benzene rings is 2. The molecule has 1 aromatic heterocycles. The average molecular weight is 352 g/mol. The van der Waals surface area contributed by atoms with Crippen LogP contribution >= 0.6 is 0 Å². The van der Waals surface area contributed by atoms with Crippen LogP contribution in [0.2, 0.25) is 0 Å². The number of hydrogen-bond donors (Lipinski definition) is 1. The highest BCUT2D eigenvalue weighted by atomic mass is 19.1. The molecule has 0 bridgehead atoms. The van der Waals surface area contributed by atoms with Crippen molar-refractivity contribution in [1.82, 2.24) is 9.88 Å². The molecule has 0 saturated carbocycles. The van der Waals surface area contributed by atoms with Crippen molar-refractivity contribution < 1.29 is 13.9 Å². The second kappa shape index (κ2) is 6.83. The Morgan fingerprint density at radius 1 is 1.19 bits per heavy atom. The molecular formula is C21H21FN2O2. The number of piperidine rings is 1. The molecule has 1 amide bonds. The van der Waals surface area contributed by atoms with Crippen molar-refractivity contribution in [3.8, 4) is 5.75 Å². The van der Waals surface area contributed by atoms with E-state index in [9.17, 15) is 9.18 Å². The second-order valence-electron chi connectivity index (χ2n) is 6.73. The van der Waals surface area contributed by atoms with Crippen LogP contribution in [-0.4, -0.2) is 36.0 Å². The molecule has 0 spiro atoms. The van der Waals surface area contributed by atoms with Gasteiger partial charge in [0.1, 0.15) is 11.6 Å². The van der Waals surface area contributed by atoms with E-state index in [1.165, 1.54) is 6.07 Å². The maximum Gasteiger partial charge on any atom is 0.253 e. The van der Waals surface area contributed by atoms with Gasteiger partial charge in [-0.1, -0.05) is 6.07 Å². The van der Waals surface area contributed by atoms with Gasteiger partial charge in [0.25, 0.3) is 5.91 Å². The Labute approximate surface area is 151 Å². The number of ether oxygens (including phenoxy) is 1. The Morgan fingerprint density at radius 2 is 2.00 bits per heavy atom. The summed E-state index contributed by atoms with van der Waals surface area (Å²) in [5, 5.41) is 0.947. The smallest absolute Gasteiger partial charge is 0.253 e. The molecule has 1 aliphatic rings. The largest absolute Gasteiger partial charge is 0.497 e. The van der Waals surface area contributed by atoms with E-state index in [0.29, 0.717) is 30.3 Å². The Morgan fingerprint density at radius 3 is 2.77 bits per heavy atom. The lowest BCUT2D eigenvalue weighted by Crippen LogP contribution is -2.37. The summed E-state index contributed by atoms with van der Waals surface area (Å²) in [5.74, 6) is 0.836. The maximum absolute atomic E-state index is 13.6. The number of fused-ring (bicyclic) bond motifs is 1. The van der Waals surface area contributed by atoms with Crippen LogP contribution in [0.3, 0.4) is 0 Å². The van der Waals surface area contributed by atoms with Gasteiger partial charge in [0.15, 0.2) is 0 Å². The molecule has 1 saturated heterocycles. The normalized spacial score (nSPS) is 15.4. The van der Waals surface area contributed by atoms with E-state index < -0.39 is 0 Å². The fourth-order valence-electron chi connectivity index (χ4n) is 3.78. The number of nitrogens with one attached hydrogen (secondary N) is 1. The Kier molecular flexibility index (Phi) is 4.37. The Hall–Kier alpha value is -2.82. The molecule has 26 heavy (non-hydrogen) atoms. The van der Waals surface area contributed by atoms with Crippen LogP contribution in [0.25, 0.3) is 10.9 Å². The van der Waals surface area contributed by atoms with E-state index in [-0.39, 0.29) is 11.7 Å². The number of hydrogen-bond acceptors (Lipinski definition) is 2. The van der Waals surface area contributed by atoms with Gasteiger partial charge in [-0.15, -0.1) is 0 Å². The predicted molar refractivity (Wildman–Crippen MR) is 99.1 cm³/mol. The van der Waals surface area contributed by atoms with Crippen LogP contribution in [0, 0.1) is 5.82 Å². The van der Waals surface area contributed by atoms with Gasteiger partial charge >= 0.3 is 0 Å². The van der Waals surface area contributed by atoms with Crippen molar-refractivity contribution in [2.24, 2.45) is 0 Å². The quantitative estimate of drug-likeness (QED) is 0.762. The van der Waals surface area contributed by atoms with Crippen molar-refractivity contribution >= 4 is 16.8 Å². The predicted octanol–water partition coefficient (Wildman–Crippen LogP) is 4.34. The fourth-order valence-corrected chi connectivity index (χ4v) is 3.78. The average Bonchev–Trinajstić information content (AvgIpc) is 3.10. The molecule has 1 aliphatic heterocycles. The number of nitrogens with zero attached hydrogens (tertiary/aromatic N) is 1. The molecule has 0 aliphatic carbocycles. The molecular weight excluding hydrogens is 331 g/mol. The molecule has 3 aromatic rings. The first kappa shape index (κ1) is 16.6. The fraction of sp³-hybridized carbons (Fsp3) is 0.286. The molecule has 0 atom stereocenters. The van der Waals surface area contributed by atoms with Crippen molar-refractivity contribution in [2.75, 3.05) is 20.2 Å². The second-order valence-corrected chi connectivity index (χ2v) is 6.73. The highest BCUT2D eigenvalue weighted by molar-refractivity contribution is 5.94. The molecule has 2 aromatic carbocycles. The van der Waals surface area contributed by atoms with Gasteiger partial charge in [-0.05, 0) is 60.7 Å². The summed E-state index contributed by atoms with van der Waals surface area (Å²) in [6.07, 6.45) is 3.73. The van der Waals surface area contributed by atoms with Gasteiger partial charge in [-0.2, -0.15) is 0 Å².